The first-order valence-electron chi connectivity index (χ1n) is 8.63. The van der Waals surface area contributed by atoms with E-state index >= 15 is 0 Å². The molecule has 0 fully saturated rings. The number of hydrogen-bond donors (Lipinski definition) is 2. The topological polar surface area (TPSA) is 68.3 Å². The highest BCUT2D eigenvalue weighted by Gasteiger charge is 2.13. The van der Waals surface area contributed by atoms with Gasteiger partial charge >= 0.3 is 0 Å². The highest BCUT2D eigenvalue weighted by atomic mass is 35.5. The summed E-state index contributed by atoms with van der Waals surface area (Å²) in [6, 6.07) is 15.5. The number of fused-ring (bicyclic) bond motifs is 1. The van der Waals surface area contributed by atoms with E-state index in [1.165, 1.54) is 0 Å². The van der Waals surface area contributed by atoms with Crippen LogP contribution in [0.25, 0.3) is 0 Å². The first-order valence-corrected chi connectivity index (χ1v) is 9.00. The summed E-state index contributed by atoms with van der Waals surface area (Å²) in [7, 11) is 0. The lowest BCUT2D eigenvalue weighted by Gasteiger charge is -2.11. The maximum atomic E-state index is 6.20. The van der Waals surface area contributed by atoms with Crippen LogP contribution in [-0.2, 0) is 13.1 Å². The Hall–Kier alpha value is -2.99. The van der Waals surface area contributed by atoms with Gasteiger partial charge in [0.15, 0.2) is 11.5 Å². The zero-order valence-corrected chi connectivity index (χ0v) is 15.6. The largest absolute Gasteiger partial charge is 0.454 e. The number of rotatable bonds is 6. The molecule has 2 N–H and O–H groups in total. The Labute approximate surface area is 162 Å². The second-order valence-electron chi connectivity index (χ2n) is 6.20. The Morgan fingerprint density at radius 3 is 2.70 bits per heavy atom. The third-order valence-corrected chi connectivity index (χ3v) is 4.53. The van der Waals surface area contributed by atoms with Crippen molar-refractivity contribution in [1.29, 1.82) is 0 Å². The van der Waals surface area contributed by atoms with E-state index in [4.69, 9.17) is 21.1 Å². The number of hydrogen-bond acceptors (Lipinski definition) is 6. The molecular formula is C20H19ClN4O2. The Morgan fingerprint density at radius 2 is 1.81 bits per heavy atom. The predicted octanol–water partition coefficient (Wildman–Crippen LogP) is 4.39. The fraction of sp³-hybridized carbons (Fsp3) is 0.200. The first kappa shape index (κ1) is 17.4. The van der Waals surface area contributed by atoms with Crippen molar-refractivity contribution in [2.45, 2.75) is 20.0 Å². The summed E-state index contributed by atoms with van der Waals surface area (Å²) in [5.41, 5.74) is 2.96. The van der Waals surface area contributed by atoms with Gasteiger partial charge in [0.25, 0.3) is 0 Å². The molecule has 2 heterocycles. The number of anilines is 2. The minimum Gasteiger partial charge on any atom is -0.454 e. The molecule has 0 bridgehead atoms. The number of benzene rings is 2. The van der Waals surface area contributed by atoms with E-state index in [0.29, 0.717) is 19.0 Å². The molecule has 1 aliphatic heterocycles. The van der Waals surface area contributed by atoms with Crippen LogP contribution in [0.3, 0.4) is 0 Å². The van der Waals surface area contributed by atoms with E-state index in [2.05, 4.69) is 20.6 Å². The van der Waals surface area contributed by atoms with Crippen LogP contribution < -0.4 is 20.1 Å². The fourth-order valence-electron chi connectivity index (χ4n) is 2.80. The van der Waals surface area contributed by atoms with E-state index in [1.54, 1.807) is 0 Å². The molecule has 7 heteroatoms. The van der Waals surface area contributed by atoms with Crippen LogP contribution in [0.5, 0.6) is 11.5 Å². The van der Waals surface area contributed by atoms with Crippen LogP contribution >= 0.6 is 11.6 Å². The van der Waals surface area contributed by atoms with Gasteiger partial charge in [-0.25, -0.2) is 4.98 Å². The highest BCUT2D eigenvalue weighted by Crippen LogP contribution is 2.32. The summed E-state index contributed by atoms with van der Waals surface area (Å²) in [6.45, 7) is 3.40. The number of halogens is 1. The van der Waals surface area contributed by atoms with Crippen LogP contribution in [-0.4, -0.2) is 16.8 Å². The summed E-state index contributed by atoms with van der Waals surface area (Å²) in [5, 5.41) is 7.28. The average Bonchev–Trinajstić information content (AvgIpc) is 3.13. The van der Waals surface area contributed by atoms with Gasteiger partial charge in [0.05, 0.1) is 0 Å². The molecule has 138 valence electrons. The van der Waals surface area contributed by atoms with Crippen LogP contribution in [0.15, 0.2) is 48.5 Å². The van der Waals surface area contributed by atoms with Crippen LogP contribution in [0.2, 0.25) is 5.02 Å². The van der Waals surface area contributed by atoms with E-state index < -0.39 is 0 Å². The normalized spacial score (nSPS) is 12.1. The molecule has 3 aromatic rings. The third kappa shape index (κ3) is 4.23. The summed E-state index contributed by atoms with van der Waals surface area (Å²) in [6.07, 6.45) is 0. The standard InChI is InChI=1S/C20H19ClN4O2/c1-13-8-19(22-10-14-6-7-17-18(9-14)27-12-26-17)25-20(24-13)23-11-15-4-2-3-5-16(15)21/h2-9H,10-12H2,1H3,(H2,22,23,24,25). The smallest absolute Gasteiger partial charge is 0.231 e. The summed E-state index contributed by atoms with van der Waals surface area (Å²) < 4.78 is 10.8. The molecule has 0 unspecified atom stereocenters. The maximum Gasteiger partial charge on any atom is 0.231 e. The summed E-state index contributed by atoms with van der Waals surface area (Å²) in [4.78, 5) is 8.97. The quantitative estimate of drug-likeness (QED) is 0.659. The number of nitrogens with one attached hydrogen (secondary N) is 2. The molecule has 1 aromatic heterocycles. The van der Waals surface area contributed by atoms with Crippen molar-refractivity contribution in [3.8, 4) is 11.5 Å². The molecule has 6 nitrogen and oxygen atoms in total. The van der Waals surface area contributed by atoms with Crippen molar-refractivity contribution in [1.82, 2.24) is 9.97 Å². The Balaban J connectivity index is 1.42. The number of aryl methyl sites for hydroxylation is 1. The van der Waals surface area contributed by atoms with Crippen molar-refractivity contribution in [3.63, 3.8) is 0 Å². The fourth-order valence-corrected chi connectivity index (χ4v) is 3.00. The van der Waals surface area contributed by atoms with Crippen molar-refractivity contribution in [3.05, 3.63) is 70.4 Å². The van der Waals surface area contributed by atoms with Crippen LogP contribution in [0.1, 0.15) is 16.8 Å². The summed E-state index contributed by atoms with van der Waals surface area (Å²) >= 11 is 6.20. The molecule has 0 amide bonds. The van der Waals surface area contributed by atoms with E-state index in [9.17, 15) is 0 Å². The Bertz CT molecular complexity index is 964. The van der Waals surface area contributed by atoms with Gasteiger partial charge in [-0.05, 0) is 36.2 Å². The predicted molar refractivity (Wildman–Crippen MR) is 105 cm³/mol. The molecule has 4 rings (SSSR count). The Kier molecular flexibility index (Phi) is 4.98. The van der Waals surface area contributed by atoms with Gasteiger partial charge in [-0.3, -0.25) is 0 Å². The van der Waals surface area contributed by atoms with Crippen molar-refractivity contribution in [2.24, 2.45) is 0 Å². The minimum atomic E-state index is 0.276. The zero-order chi connectivity index (χ0) is 18.6. The van der Waals surface area contributed by atoms with E-state index in [0.717, 1.165) is 39.2 Å². The van der Waals surface area contributed by atoms with Crippen molar-refractivity contribution < 1.29 is 9.47 Å². The maximum absolute atomic E-state index is 6.20. The van der Waals surface area contributed by atoms with E-state index in [1.807, 2.05) is 55.5 Å². The first-order chi connectivity index (χ1) is 13.2. The molecule has 1 aliphatic rings. The Morgan fingerprint density at radius 1 is 0.963 bits per heavy atom. The van der Waals surface area contributed by atoms with Gasteiger partial charge in [-0.15, -0.1) is 0 Å². The summed E-state index contributed by atoms with van der Waals surface area (Å²) in [5.74, 6) is 2.86. The lowest BCUT2D eigenvalue weighted by Crippen LogP contribution is -2.08. The zero-order valence-electron chi connectivity index (χ0n) is 14.8. The molecule has 0 spiro atoms. The van der Waals surface area contributed by atoms with Gasteiger partial charge in [-0.2, -0.15) is 4.98 Å². The van der Waals surface area contributed by atoms with Gasteiger partial charge in [0.2, 0.25) is 12.7 Å². The SMILES string of the molecule is Cc1cc(NCc2ccc3c(c2)OCO3)nc(NCc2ccccc2Cl)n1. The molecule has 2 aromatic carbocycles. The number of aromatic nitrogens is 2. The van der Waals surface area contributed by atoms with Crippen molar-refractivity contribution in [2.75, 3.05) is 17.4 Å². The van der Waals surface area contributed by atoms with Crippen molar-refractivity contribution >= 4 is 23.4 Å². The minimum absolute atomic E-state index is 0.276. The lowest BCUT2D eigenvalue weighted by molar-refractivity contribution is 0.174. The molecule has 0 atom stereocenters. The second-order valence-corrected chi connectivity index (χ2v) is 6.61. The molecule has 0 saturated carbocycles. The molecule has 0 saturated heterocycles. The average molecular weight is 383 g/mol. The van der Waals surface area contributed by atoms with Gasteiger partial charge < -0.3 is 20.1 Å². The monoisotopic (exact) mass is 382 g/mol. The number of nitrogens with zero attached hydrogens (tertiary/aromatic N) is 2. The molecular weight excluding hydrogens is 364 g/mol. The lowest BCUT2D eigenvalue weighted by atomic mass is 10.2. The van der Waals surface area contributed by atoms with Gasteiger partial charge in [-0.1, -0.05) is 35.9 Å². The molecule has 27 heavy (non-hydrogen) atoms. The molecule has 0 aliphatic carbocycles. The number of ether oxygens (including phenoxy) is 2. The van der Waals surface area contributed by atoms with Crippen LogP contribution in [0.4, 0.5) is 11.8 Å². The van der Waals surface area contributed by atoms with Crippen LogP contribution in [0, 0.1) is 6.92 Å². The third-order valence-electron chi connectivity index (χ3n) is 4.16. The molecule has 0 radical (unpaired) electrons. The second kappa shape index (κ2) is 7.72. The van der Waals surface area contributed by atoms with Gasteiger partial charge in [0, 0.05) is 29.9 Å². The van der Waals surface area contributed by atoms with E-state index in [-0.39, 0.29) is 6.79 Å². The highest BCUT2D eigenvalue weighted by molar-refractivity contribution is 6.31. The van der Waals surface area contributed by atoms with Gasteiger partial charge in [0.1, 0.15) is 5.82 Å².